The van der Waals surface area contributed by atoms with Crippen LogP contribution in [0.2, 0.25) is 0 Å². The zero-order valence-electron chi connectivity index (χ0n) is 12.1. The molecule has 5 heteroatoms. The van der Waals surface area contributed by atoms with E-state index in [0.717, 1.165) is 24.9 Å². The van der Waals surface area contributed by atoms with E-state index in [1.54, 1.807) is 0 Å². The normalized spacial score (nSPS) is 15.7. The average Bonchev–Trinajstić information content (AvgIpc) is 2.48. The summed E-state index contributed by atoms with van der Waals surface area (Å²) in [6.45, 7) is 3.63. The maximum absolute atomic E-state index is 11.8. The molecule has 1 aromatic rings. The quantitative estimate of drug-likeness (QED) is 0.836. The predicted octanol–water partition coefficient (Wildman–Crippen LogP) is 2.65. The molecule has 1 aromatic carbocycles. The van der Waals surface area contributed by atoms with E-state index >= 15 is 0 Å². The van der Waals surface area contributed by atoms with Crippen LogP contribution >= 0.6 is 0 Å². The van der Waals surface area contributed by atoms with Crippen LogP contribution in [0, 0.1) is 0 Å². The Hall–Kier alpha value is -2.30. The van der Waals surface area contributed by atoms with Gasteiger partial charge in [-0.25, -0.2) is 4.79 Å². The summed E-state index contributed by atoms with van der Waals surface area (Å²) in [6.07, 6.45) is 4.63. The number of anilines is 2. The number of carbonyl (C=O) groups is 2. The van der Waals surface area contributed by atoms with E-state index in [4.69, 9.17) is 5.11 Å². The summed E-state index contributed by atoms with van der Waals surface area (Å²) in [5, 5.41) is 11.3. The summed E-state index contributed by atoms with van der Waals surface area (Å²) >= 11 is 0. The van der Waals surface area contributed by atoms with Gasteiger partial charge < -0.3 is 15.3 Å². The van der Waals surface area contributed by atoms with Gasteiger partial charge >= 0.3 is 5.97 Å². The second-order valence-corrected chi connectivity index (χ2v) is 5.21. The van der Waals surface area contributed by atoms with Crippen LogP contribution in [0.1, 0.15) is 26.2 Å². The summed E-state index contributed by atoms with van der Waals surface area (Å²) in [5.74, 6) is -1.52. The summed E-state index contributed by atoms with van der Waals surface area (Å²) < 4.78 is 0. The van der Waals surface area contributed by atoms with Crippen LogP contribution in [0.4, 0.5) is 11.4 Å². The largest absolute Gasteiger partial charge is 0.478 e. The minimum atomic E-state index is -1.12. The van der Waals surface area contributed by atoms with E-state index in [1.807, 2.05) is 24.3 Å². The first-order valence-electron chi connectivity index (χ1n) is 7.14. The number of benzene rings is 1. The summed E-state index contributed by atoms with van der Waals surface area (Å²) in [5.41, 5.74) is 1.99. The molecule has 0 atom stereocenters. The monoisotopic (exact) mass is 288 g/mol. The molecule has 2 N–H and O–H groups in total. The van der Waals surface area contributed by atoms with Gasteiger partial charge in [-0.1, -0.05) is 0 Å². The lowest BCUT2D eigenvalue weighted by Crippen LogP contribution is -2.29. The number of carbonyl (C=O) groups excluding carboxylic acids is 1. The van der Waals surface area contributed by atoms with Crippen molar-refractivity contribution < 1.29 is 14.7 Å². The Morgan fingerprint density at radius 2 is 1.76 bits per heavy atom. The van der Waals surface area contributed by atoms with Gasteiger partial charge in [-0.3, -0.25) is 4.79 Å². The minimum Gasteiger partial charge on any atom is -0.478 e. The lowest BCUT2D eigenvalue weighted by atomic mass is 10.1. The van der Waals surface area contributed by atoms with Crippen molar-refractivity contribution in [3.63, 3.8) is 0 Å². The molecule has 0 radical (unpaired) electrons. The van der Waals surface area contributed by atoms with Gasteiger partial charge in [-0.2, -0.15) is 0 Å². The number of hydrogen-bond donors (Lipinski definition) is 2. The molecular weight excluding hydrogens is 268 g/mol. The van der Waals surface area contributed by atoms with E-state index in [2.05, 4.69) is 10.2 Å². The maximum atomic E-state index is 11.8. The van der Waals surface area contributed by atoms with Gasteiger partial charge in [-0.15, -0.1) is 0 Å². The highest BCUT2D eigenvalue weighted by molar-refractivity contribution is 6.06. The molecular formula is C16H20N2O3. The van der Waals surface area contributed by atoms with Gasteiger partial charge in [0, 0.05) is 36.1 Å². The SMILES string of the molecule is C/C(=C\C(=O)O)C(=O)Nc1ccc(N2CCCCC2)cc1. The Balaban J connectivity index is 1.99. The topological polar surface area (TPSA) is 69.6 Å². The third-order valence-electron chi connectivity index (χ3n) is 3.54. The molecule has 112 valence electrons. The third kappa shape index (κ3) is 4.34. The molecule has 0 saturated carbocycles. The number of carboxylic acids is 1. The van der Waals surface area contributed by atoms with E-state index in [1.165, 1.54) is 26.2 Å². The zero-order valence-corrected chi connectivity index (χ0v) is 12.1. The molecule has 1 heterocycles. The summed E-state index contributed by atoms with van der Waals surface area (Å²) in [6, 6.07) is 7.65. The fraction of sp³-hybridized carbons (Fsp3) is 0.375. The molecule has 0 aliphatic carbocycles. The molecule has 1 amide bonds. The second-order valence-electron chi connectivity index (χ2n) is 5.21. The standard InChI is InChI=1S/C16H20N2O3/c1-12(11-15(19)20)16(21)17-13-5-7-14(8-6-13)18-9-3-2-4-10-18/h5-8,11H,2-4,9-10H2,1H3,(H,17,21)(H,19,20)/b12-11+. The molecule has 1 aliphatic rings. The Morgan fingerprint density at radius 3 is 2.33 bits per heavy atom. The molecule has 0 unspecified atom stereocenters. The Labute approximate surface area is 124 Å². The van der Waals surface area contributed by atoms with Gasteiger partial charge in [-0.05, 0) is 50.5 Å². The van der Waals surface area contributed by atoms with Gasteiger partial charge in [0.1, 0.15) is 0 Å². The molecule has 2 rings (SSSR count). The second kappa shape index (κ2) is 6.92. The van der Waals surface area contributed by atoms with Crippen molar-refractivity contribution in [3.8, 4) is 0 Å². The van der Waals surface area contributed by atoms with Crippen molar-refractivity contribution in [3.05, 3.63) is 35.9 Å². The first-order chi connectivity index (χ1) is 10.1. The zero-order chi connectivity index (χ0) is 15.2. The fourth-order valence-corrected chi connectivity index (χ4v) is 2.39. The number of nitrogens with zero attached hydrogens (tertiary/aromatic N) is 1. The van der Waals surface area contributed by atoms with Crippen molar-refractivity contribution in [1.29, 1.82) is 0 Å². The highest BCUT2D eigenvalue weighted by Crippen LogP contribution is 2.21. The third-order valence-corrected chi connectivity index (χ3v) is 3.54. The maximum Gasteiger partial charge on any atom is 0.328 e. The van der Waals surface area contributed by atoms with E-state index in [9.17, 15) is 9.59 Å². The van der Waals surface area contributed by atoms with Crippen LogP contribution in [0.15, 0.2) is 35.9 Å². The number of hydrogen-bond acceptors (Lipinski definition) is 3. The van der Waals surface area contributed by atoms with Gasteiger partial charge in [0.05, 0.1) is 0 Å². The van der Waals surface area contributed by atoms with Crippen LogP contribution in [0.25, 0.3) is 0 Å². The van der Waals surface area contributed by atoms with Crippen LogP contribution < -0.4 is 10.2 Å². The average molecular weight is 288 g/mol. The summed E-state index contributed by atoms with van der Waals surface area (Å²) in [7, 11) is 0. The number of carboxylic acid groups (broad SMARTS) is 1. The molecule has 1 saturated heterocycles. The number of nitrogens with one attached hydrogen (secondary N) is 1. The lowest BCUT2D eigenvalue weighted by Gasteiger charge is -2.28. The van der Waals surface area contributed by atoms with Crippen molar-refractivity contribution in [2.24, 2.45) is 0 Å². The Morgan fingerprint density at radius 1 is 1.14 bits per heavy atom. The number of amides is 1. The first-order valence-corrected chi connectivity index (χ1v) is 7.14. The molecule has 0 spiro atoms. The highest BCUT2D eigenvalue weighted by Gasteiger charge is 2.11. The van der Waals surface area contributed by atoms with E-state index < -0.39 is 11.9 Å². The highest BCUT2D eigenvalue weighted by atomic mass is 16.4. The minimum absolute atomic E-state index is 0.169. The molecule has 0 bridgehead atoms. The van der Waals surface area contributed by atoms with E-state index in [-0.39, 0.29) is 5.57 Å². The number of aliphatic carboxylic acids is 1. The first kappa shape index (κ1) is 15.1. The van der Waals surface area contributed by atoms with Crippen molar-refractivity contribution >= 4 is 23.3 Å². The Kier molecular flexibility index (Phi) is 4.98. The van der Waals surface area contributed by atoms with Crippen molar-refractivity contribution in [2.75, 3.05) is 23.3 Å². The van der Waals surface area contributed by atoms with Gasteiger partial charge in [0.25, 0.3) is 5.91 Å². The van der Waals surface area contributed by atoms with Crippen LogP contribution in [-0.2, 0) is 9.59 Å². The summed E-state index contributed by atoms with van der Waals surface area (Å²) in [4.78, 5) is 24.6. The predicted molar refractivity (Wildman–Crippen MR) is 82.5 cm³/mol. The van der Waals surface area contributed by atoms with Crippen molar-refractivity contribution in [1.82, 2.24) is 0 Å². The Bertz CT molecular complexity index is 543. The molecule has 21 heavy (non-hydrogen) atoms. The molecule has 1 aliphatic heterocycles. The van der Waals surface area contributed by atoms with Crippen LogP contribution in [0.5, 0.6) is 0 Å². The number of rotatable bonds is 4. The van der Waals surface area contributed by atoms with Crippen molar-refractivity contribution in [2.45, 2.75) is 26.2 Å². The molecule has 0 aromatic heterocycles. The van der Waals surface area contributed by atoms with Crippen LogP contribution in [-0.4, -0.2) is 30.1 Å². The smallest absolute Gasteiger partial charge is 0.328 e. The van der Waals surface area contributed by atoms with E-state index in [0.29, 0.717) is 5.69 Å². The molecule has 1 fully saturated rings. The van der Waals surface area contributed by atoms with Crippen LogP contribution in [0.3, 0.4) is 0 Å². The number of piperidine rings is 1. The lowest BCUT2D eigenvalue weighted by molar-refractivity contribution is -0.131. The van der Waals surface area contributed by atoms with Gasteiger partial charge in [0.2, 0.25) is 0 Å². The van der Waals surface area contributed by atoms with Gasteiger partial charge in [0.15, 0.2) is 0 Å². The molecule has 5 nitrogen and oxygen atoms in total. The fourth-order valence-electron chi connectivity index (χ4n) is 2.39.